The summed E-state index contributed by atoms with van der Waals surface area (Å²) in [5, 5.41) is 10.0. The Labute approximate surface area is 213 Å². The lowest BCUT2D eigenvalue weighted by atomic mass is 10.1. The number of imidazole rings is 1. The van der Waals surface area contributed by atoms with Crippen LogP contribution in [0.25, 0.3) is 10.9 Å². The first-order valence-electron chi connectivity index (χ1n) is 11.7. The fourth-order valence-corrected chi connectivity index (χ4v) is 3.84. The van der Waals surface area contributed by atoms with Gasteiger partial charge in [-0.15, -0.1) is 0 Å². The number of rotatable bonds is 11. The Morgan fingerprint density at radius 3 is 2.62 bits per heavy atom. The first kappa shape index (κ1) is 23.9. The van der Waals surface area contributed by atoms with Gasteiger partial charge in [-0.3, -0.25) is 0 Å². The third-order valence-corrected chi connectivity index (χ3v) is 5.65. The first-order chi connectivity index (χ1) is 18.1. The summed E-state index contributed by atoms with van der Waals surface area (Å²) in [5.41, 5.74) is 3.62. The van der Waals surface area contributed by atoms with Crippen LogP contribution in [0.3, 0.4) is 0 Å². The molecule has 0 amide bonds. The van der Waals surface area contributed by atoms with Gasteiger partial charge in [-0.1, -0.05) is 36.4 Å². The molecule has 0 spiro atoms. The molecule has 0 aliphatic rings. The monoisotopic (exact) mass is 495 g/mol. The van der Waals surface area contributed by atoms with E-state index in [0.717, 1.165) is 27.7 Å². The number of carbonyl (C=O) groups is 1. The molecule has 0 saturated carbocycles. The number of hydrogen-bond donors (Lipinski definition) is 1. The van der Waals surface area contributed by atoms with E-state index in [0.29, 0.717) is 37.0 Å². The van der Waals surface area contributed by atoms with Crippen molar-refractivity contribution in [1.29, 1.82) is 0 Å². The van der Waals surface area contributed by atoms with Gasteiger partial charge in [0.2, 0.25) is 0 Å². The van der Waals surface area contributed by atoms with Gasteiger partial charge in [-0.25, -0.2) is 14.8 Å². The first-order valence-corrected chi connectivity index (χ1v) is 11.7. The molecule has 2 heterocycles. The topological polar surface area (TPSA) is 95.7 Å². The smallest absolute Gasteiger partial charge is 0.341 e. The van der Waals surface area contributed by atoms with Crippen LogP contribution in [0.2, 0.25) is 0 Å². The lowest BCUT2D eigenvalue weighted by molar-refractivity contribution is -0.139. The molecule has 3 aromatic carbocycles. The van der Waals surface area contributed by atoms with Crippen molar-refractivity contribution in [3.05, 3.63) is 114 Å². The van der Waals surface area contributed by atoms with Crippen LogP contribution in [-0.2, 0) is 24.6 Å². The van der Waals surface area contributed by atoms with Gasteiger partial charge in [0, 0.05) is 29.4 Å². The molecule has 5 rings (SSSR count). The van der Waals surface area contributed by atoms with E-state index < -0.39 is 12.6 Å². The number of para-hydroxylation sites is 1. The molecule has 0 unspecified atom stereocenters. The third kappa shape index (κ3) is 6.43. The predicted octanol–water partition coefficient (Wildman–Crippen LogP) is 5.10. The molecular weight excluding hydrogens is 470 g/mol. The van der Waals surface area contributed by atoms with Crippen molar-refractivity contribution < 1.29 is 24.1 Å². The van der Waals surface area contributed by atoms with Gasteiger partial charge in [0.05, 0.1) is 24.1 Å². The number of carboxylic acid groups (broad SMARTS) is 1. The zero-order valence-corrected chi connectivity index (χ0v) is 20.0. The van der Waals surface area contributed by atoms with Gasteiger partial charge in [-0.05, 0) is 42.0 Å². The maximum atomic E-state index is 10.9. The second kappa shape index (κ2) is 11.3. The number of pyridine rings is 1. The molecule has 8 nitrogen and oxygen atoms in total. The highest BCUT2D eigenvalue weighted by Crippen LogP contribution is 2.27. The molecule has 5 aromatic rings. The molecule has 0 aliphatic carbocycles. The summed E-state index contributed by atoms with van der Waals surface area (Å²) in [6, 6.07) is 25.0. The van der Waals surface area contributed by atoms with Gasteiger partial charge in [0.1, 0.15) is 30.5 Å². The molecule has 37 heavy (non-hydrogen) atoms. The van der Waals surface area contributed by atoms with Crippen LogP contribution in [0.5, 0.6) is 17.2 Å². The van der Waals surface area contributed by atoms with Crippen LogP contribution in [-0.4, -0.2) is 32.2 Å². The van der Waals surface area contributed by atoms with E-state index in [1.165, 1.54) is 0 Å². The molecular formula is C29H25N3O5. The van der Waals surface area contributed by atoms with E-state index in [2.05, 4.69) is 9.97 Å². The quantitative estimate of drug-likeness (QED) is 0.272. The van der Waals surface area contributed by atoms with Crippen LogP contribution in [0.1, 0.15) is 16.8 Å². The molecule has 0 saturated heterocycles. The summed E-state index contributed by atoms with van der Waals surface area (Å²) in [6.45, 7) is 0.778. The Morgan fingerprint density at radius 1 is 0.865 bits per heavy atom. The average molecular weight is 496 g/mol. The second-order valence-electron chi connectivity index (χ2n) is 8.41. The average Bonchev–Trinajstić information content (AvgIpc) is 3.44. The van der Waals surface area contributed by atoms with E-state index in [4.69, 9.17) is 19.3 Å². The summed E-state index contributed by atoms with van der Waals surface area (Å²) in [7, 11) is 0. The third-order valence-electron chi connectivity index (χ3n) is 5.65. The zero-order valence-electron chi connectivity index (χ0n) is 20.0. The van der Waals surface area contributed by atoms with E-state index >= 15 is 0 Å². The number of carboxylic acids is 1. The number of aliphatic carboxylic acids is 1. The Morgan fingerprint density at radius 2 is 1.76 bits per heavy atom. The summed E-state index contributed by atoms with van der Waals surface area (Å²) in [4.78, 5) is 19.6. The molecule has 0 bridgehead atoms. The highest BCUT2D eigenvalue weighted by atomic mass is 16.5. The fraction of sp³-hybridized carbons (Fsp3) is 0.138. The number of ether oxygens (including phenoxy) is 3. The number of aromatic nitrogens is 3. The largest absolute Gasteiger partial charge is 0.488 e. The Kier molecular flexibility index (Phi) is 7.26. The normalized spacial score (nSPS) is 10.8. The molecule has 1 N–H and O–H groups in total. The minimum Gasteiger partial charge on any atom is -0.488 e. The second-order valence-corrected chi connectivity index (χ2v) is 8.41. The van der Waals surface area contributed by atoms with Crippen molar-refractivity contribution >= 4 is 16.9 Å². The van der Waals surface area contributed by atoms with Gasteiger partial charge in [0.25, 0.3) is 0 Å². The van der Waals surface area contributed by atoms with Gasteiger partial charge < -0.3 is 23.9 Å². The molecule has 0 aliphatic heterocycles. The van der Waals surface area contributed by atoms with Crippen LogP contribution in [0.4, 0.5) is 0 Å². The summed E-state index contributed by atoms with van der Waals surface area (Å²) < 4.78 is 19.4. The summed E-state index contributed by atoms with van der Waals surface area (Å²) in [6.07, 6.45) is 5.30. The maximum Gasteiger partial charge on any atom is 0.341 e. The van der Waals surface area contributed by atoms with Crippen LogP contribution in [0, 0.1) is 0 Å². The molecule has 186 valence electrons. The minimum absolute atomic E-state index is 0.296. The summed E-state index contributed by atoms with van der Waals surface area (Å²) >= 11 is 0. The Hall–Kier alpha value is -4.85. The van der Waals surface area contributed by atoms with Gasteiger partial charge in [0.15, 0.2) is 6.61 Å². The molecule has 0 atom stereocenters. The zero-order chi connectivity index (χ0) is 25.5. The van der Waals surface area contributed by atoms with Crippen molar-refractivity contribution in [2.75, 3.05) is 6.61 Å². The van der Waals surface area contributed by atoms with Crippen LogP contribution >= 0.6 is 0 Å². The van der Waals surface area contributed by atoms with Crippen LogP contribution in [0.15, 0.2) is 97.6 Å². The number of hydrogen-bond acceptors (Lipinski definition) is 6. The number of nitrogens with zero attached hydrogens (tertiary/aromatic N) is 3. The van der Waals surface area contributed by atoms with E-state index in [1.807, 2.05) is 77.5 Å². The Bertz CT molecular complexity index is 1500. The van der Waals surface area contributed by atoms with Crippen LogP contribution < -0.4 is 14.2 Å². The molecule has 2 aromatic heterocycles. The highest BCUT2D eigenvalue weighted by Gasteiger charge is 2.10. The molecule has 8 heteroatoms. The van der Waals surface area contributed by atoms with E-state index in [1.54, 1.807) is 24.7 Å². The van der Waals surface area contributed by atoms with Gasteiger partial charge in [-0.2, -0.15) is 0 Å². The minimum atomic E-state index is -1.04. The molecule has 0 fully saturated rings. The number of benzene rings is 3. The van der Waals surface area contributed by atoms with Gasteiger partial charge >= 0.3 is 5.97 Å². The maximum absolute atomic E-state index is 10.9. The SMILES string of the molecule is O=C(O)COc1ccc(Cn2ccnc2)c(OCc2cccc(OCc3ccc4ccccc4n3)c2)c1. The lowest BCUT2D eigenvalue weighted by Gasteiger charge is -2.15. The van der Waals surface area contributed by atoms with Crippen molar-refractivity contribution in [3.8, 4) is 17.2 Å². The van der Waals surface area contributed by atoms with Crippen molar-refractivity contribution in [2.24, 2.45) is 0 Å². The lowest BCUT2D eigenvalue weighted by Crippen LogP contribution is -2.10. The highest BCUT2D eigenvalue weighted by molar-refractivity contribution is 5.78. The summed E-state index contributed by atoms with van der Waals surface area (Å²) in [5.74, 6) is 0.698. The Balaban J connectivity index is 1.26. The van der Waals surface area contributed by atoms with Crippen molar-refractivity contribution in [1.82, 2.24) is 14.5 Å². The van der Waals surface area contributed by atoms with E-state index in [-0.39, 0.29) is 0 Å². The molecule has 0 radical (unpaired) electrons. The van der Waals surface area contributed by atoms with Crippen molar-refractivity contribution in [3.63, 3.8) is 0 Å². The van der Waals surface area contributed by atoms with E-state index in [9.17, 15) is 4.79 Å². The fourth-order valence-electron chi connectivity index (χ4n) is 3.84. The number of fused-ring (bicyclic) bond motifs is 1. The standard InChI is InChI=1S/C29H25N3O5/c33-29(34)19-36-26-11-9-23(16-32-13-12-30-20-32)28(15-26)37-17-21-4-3-6-25(14-21)35-18-24-10-8-22-5-1-2-7-27(22)31-24/h1-15,20H,16-19H2,(H,33,34). The van der Waals surface area contributed by atoms with Crippen molar-refractivity contribution in [2.45, 2.75) is 19.8 Å². The predicted molar refractivity (Wildman–Crippen MR) is 138 cm³/mol.